The molecule has 3 heteroatoms. The number of ether oxygens (including phenoxy) is 2. The lowest BCUT2D eigenvalue weighted by molar-refractivity contribution is 0.289. The summed E-state index contributed by atoms with van der Waals surface area (Å²) in [6.45, 7) is 5.81. The SMILES string of the molecule is CCCCCCCCOc1ccc([C]=O)c(OCCCCCCCC)c1. The predicted octanol–water partition coefficient (Wildman–Crippen LogP) is 6.62. The van der Waals surface area contributed by atoms with Crippen LogP contribution in [0.1, 0.15) is 96.5 Å². The van der Waals surface area contributed by atoms with Crippen LogP contribution in [0.3, 0.4) is 0 Å². The van der Waals surface area contributed by atoms with Gasteiger partial charge < -0.3 is 9.47 Å². The monoisotopic (exact) mass is 361 g/mol. The lowest BCUT2D eigenvalue weighted by Crippen LogP contribution is -2.02. The molecule has 0 spiro atoms. The highest BCUT2D eigenvalue weighted by atomic mass is 16.5. The van der Waals surface area contributed by atoms with Gasteiger partial charge >= 0.3 is 0 Å². The molecule has 0 bridgehead atoms. The molecule has 147 valence electrons. The van der Waals surface area contributed by atoms with E-state index in [1.807, 2.05) is 18.4 Å². The second kappa shape index (κ2) is 15.7. The van der Waals surface area contributed by atoms with E-state index in [-0.39, 0.29) is 0 Å². The normalized spacial score (nSPS) is 10.7. The highest BCUT2D eigenvalue weighted by Crippen LogP contribution is 2.24. The van der Waals surface area contributed by atoms with Gasteiger partial charge in [-0.3, -0.25) is 4.79 Å². The molecule has 0 fully saturated rings. The Bertz CT molecular complexity index is 471. The van der Waals surface area contributed by atoms with E-state index in [1.54, 1.807) is 6.07 Å². The Morgan fingerprint density at radius 3 is 1.85 bits per heavy atom. The highest BCUT2D eigenvalue weighted by molar-refractivity contribution is 5.80. The lowest BCUT2D eigenvalue weighted by Gasteiger charge is -2.11. The average molecular weight is 362 g/mol. The summed E-state index contributed by atoms with van der Waals surface area (Å²) in [5, 5.41) is 0. The standard InChI is InChI=1S/C23H37O3/c1-3-5-7-9-11-13-17-25-22-16-15-21(20-24)23(19-22)26-18-14-12-10-8-6-4-2/h15-16,19H,3-14,17-18H2,1-2H3. The summed E-state index contributed by atoms with van der Waals surface area (Å²) in [6, 6.07) is 5.39. The van der Waals surface area contributed by atoms with Gasteiger partial charge in [-0.2, -0.15) is 0 Å². The maximum Gasteiger partial charge on any atom is 0.237 e. The van der Waals surface area contributed by atoms with Crippen LogP contribution in [0.5, 0.6) is 11.5 Å². The maximum absolute atomic E-state index is 11.1. The van der Waals surface area contributed by atoms with Crippen LogP contribution in [0.25, 0.3) is 0 Å². The summed E-state index contributed by atoms with van der Waals surface area (Å²) in [7, 11) is 0. The van der Waals surface area contributed by atoms with Crippen LogP contribution in [0.15, 0.2) is 18.2 Å². The molecule has 0 saturated carbocycles. The first-order valence-electron chi connectivity index (χ1n) is 10.6. The van der Waals surface area contributed by atoms with Gasteiger partial charge in [-0.25, -0.2) is 0 Å². The topological polar surface area (TPSA) is 35.5 Å². The van der Waals surface area contributed by atoms with Crippen molar-refractivity contribution in [3.05, 3.63) is 23.8 Å². The predicted molar refractivity (Wildman–Crippen MR) is 109 cm³/mol. The number of benzene rings is 1. The first kappa shape index (κ1) is 22.5. The van der Waals surface area contributed by atoms with Gasteiger partial charge in [0.25, 0.3) is 0 Å². The quantitative estimate of drug-likeness (QED) is 0.292. The van der Waals surface area contributed by atoms with Crippen molar-refractivity contribution in [1.82, 2.24) is 0 Å². The fraction of sp³-hybridized carbons (Fsp3) is 0.696. The second-order valence-electron chi connectivity index (χ2n) is 6.99. The molecule has 0 aliphatic rings. The molecule has 0 aromatic heterocycles. The Hall–Kier alpha value is -1.51. The van der Waals surface area contributed by atoms with Crippen molar-refractivity contribution in [2.45, 2.75) is 90.9 Å². The summed E-state index contributed by atoms with van der Waals surface area (Å²) in [5.74, 6) is 1.37. The molecule has 0 atom stereocenters. The third-order valence-electron chi connectivity index (χ3n) is 4.59. The van der Waals surface area contributed by atoms with Crippen LogP contribution in [-0.4, -0.2) is 19.5 Å². The van der Waals surface area contributed by atoms with Crippen molar-refractivity contribution in [3.63, 3.8) is 0 Å². The van der Waals surface area contributed by atoms with Crippen molar-refractivity contribution < 1.29 is 14.3 Å². The molecular weight excluding hydrogens is 324 g/mol. The van der Waals surface area contributed by atoms with Crippen LogP contribution >= 0.6 is 0 Å². The zero-order valence-electron chi connectivity index (χ0n) is 16.9. The number of carbonyl (C=O) groups excluding carboxylic acids is 1. The molecule has 1 rings (SSSR count). The fourth-order valence-electron chi connectivity index (χ4n) is 2.93. The summed E-state index contributed by atoms with van der Waals surface area (Å²) in [6.07, 6.45) is 16.8. The van der Waals surface area contributed by atoms with E-state index in [2.05, 4.69) is 13.8 Å². The molecule has 3 nitrogen and oxygen atoms in total. The molecule has 1 radical (unpaired) electrons. The van der Waals surface area contributed by atoms with Gasteiger partial charge in [-0.05, 0) is 25.0 Å². The van der Waals surface area contributed by atoms with Gasteiger partial charge in [-0.15, -0.1) is 0 Å². The molecule has 0 aliphatic heterocycles. The molecular formula is C23H37O3. The Labute approximate surface area is 160 Å². The van der Waals surface area contributed by atoms with Gasteiger partial charge in [0.15, 0.2) is 0 Å². The van der Waals surface area contributed by atoms with E-state index < -0.39 is 0 Å². The molecule has 26 heavy (non-hydrogen) atoms. The average Bonchev–Trinajstić information content (AvgIpc) is 2.66. The summed E-state index contributed by atoms with van der Waals surface area (Å²) in [4.78, 5) is 11.1. The van der Waals surface area contributed by atoms with Crippen molar-refractivity contribution in [1.29, 1.82) is 0 Å². The summed E-state index contributed by atoms with van der Waals surface area (Å²) < 4.78 is 11.6. The summed E-state index contributed by atoms with van der Waals surface area (Å²) in [5.41, 5.74) is 0.475. The first-order valence-corrected chi connectivity index (χ1v) is 10.6. The van der Waals surface area contributed by atoms with E-state index in [4.69, 9.17) is 9.47 Å². The van der Waals surface area contributed by atoms with E-state index in [1.165, 1.54) is 64.2 Å². The molecule has 0 unspecified atom stereocenters. The third-order valence-corrected chi connectivity index (χ3v) is 4.59. The number of hydrogen-bond acceptors (Lipinski definition) is 3. The minimum atomic E-state index is 0.475. The van der Waals surface area contributed by atoms with Gasteiger partial charge in [0.05, 0.1) is 18.8 Å². The Kier molecular flexibility index (Phi) is 13.6. The Morgan fingerprint density at radius 1 is 0.731 bits per heavy atom. The first-order chi connectivity index (χ1) is 12.8. The van der Waals surface area contributed by atoms with E-state index in [9.17, 15) is 4.79 Å². The Balaban J connectivity index is 2.29. The van der Waals surface area contributed by atoms with E-state index >= 15 is 0 Å². The zero-order valence-corrected chi connectivity index (χ0v) is 16.9. The Morgan fingerprint density at radius 2 is 1.27 bits per heavy atom. The molecule has 0 aliphatic carbocycles. The van der Waals surface area contributed by atoms with E-state index in [0.717, 1.165) is 18.6 Å². The highest BCUT2D eigenvalue weighted by Gasteiger charge is 2.06. The van der Waals surface area contributed by atoms with Crippen LogP contribution in [0, 0.1) is 0 Å². The van der Waals surface area contributed by atoms with Crippen LogP contribution < -0.4 is 9.47 Å². The van der Waals surface area contributed by atoms with Gasteiger partial charge in [0.2, 0.25) is 6.29 Å². The van der Waals surface area contributed by atoms with Crippen molar-refractivity contribution in [2.75, 3.05) is 13.2 Å². The fourth-order valence-corrected chi connectivity index (χ4v) is 2.93. The maximum atomic E-state index is 11.1. The third kappa shape index (κ3) is 10.5. The molecule has 0 heterocycles. The number of hydrogen-bond donors (Lipinski definition) is 0. The van der Waals surface area contributed by atoms with E-state index in [0.29, 0.717) is 24.5 Å². The van der Waals surface area contributed by atoms with Crippen LogP contribution in [0.4, 0.5) is 0 Å². The van der Waals surface area contributed by atoms with Crippen molar-refractivity contribution >= 4 is 6.29 Å². The van der Waals surface area contributed by atoms with Gasteiger partial charge in [0.1, 0.15) is 11.5 Å². The van der Waals surface area contributed by atoms with Crippen LogP contribution in [-0.2, 0) is 4.79 Å². The minimum absolute atomic E-state index is 0.475. The summed E-state index contributed by atoms with van der Waals surface area (Å²) >= 11 is 0. The lowest BCUT2D eigenvalue weighted by atomic mass is 10.1. The van der Waals surface area contributed by atoms with Crippen LogP contribution in [0.2, 0.25) is 0 Å². The number of rotatable bonds is 17. The van der Waals surface area contributed by atoms with Crippen molar-refractivity contribution in [3.8, 4) is 11.5 Å². The minimum Gasteiger partial charge on any atom is -0.493 e. The molecule has 0 saturated heterocycles. The number of unbranched alkanes of at least 4 members (excludes halogenated alkanes) is 10. The van der Waals surface area contributed by atoms with Gasteiger partial charge in [-0.1, -0.05) is 78.1 Å². The van der Waals surface area contributed by atoms with Gasteiger partial charge in [0, 0.05) is 6.07 Å². The molecule has 1 aromatic rings. The largest absolute Gasteiger partial charge is 0.493 e. The second-order valence-corrected chi connectivity index (χ2v) is 6.99. The zero-order chi connectivity index (χ0) is 18.9. The molecule has 1 aromatic carbocycles. The molecule has 0 amide bonds. The smallest absolute Gasteiger partial charge is 0.237 e. The molecule has 0 N–H and O–H groups in total. The van der Waals surface area contributed by atoms with Crippen molar-refractivity contribution in [2.24, 2.45) is 0 Å².